The van der Waals surface area contributed by atoms with Crippen molar-refractivity contribution in [3.05, 3.63) is 122 Å². The number of anilines is 6. The van der Waals surface area contributed by atoms with Crippen LogP contribution in [0.5, 0.6) is 0 Å². The Bertz CT molecular complexity index is 3160. The monoisotopic (exact) mass is 917 g/mol. The molecule has 0 fully saturated rings. The van der Waals surface area contributed by atoms with Crippen LogP contribution >= 0.6 is 0 Å². The number of nitrogens with zero attached hydrogens (tertiary/aromatic N) is 2. The molecule has 11 rings (SSSR count). The number of hydrogen-bond acceptors (Lipinski definition) is 3. The Morgan fingerprint density at radius 3 is 1.58 bits per heavy atom. The Kier molecular flexibility index (Phi) is 9.79. The van der Waals surface area contributed by atoms with Crippen LogP contribution in [0.2, 0.25) is 0 Å². The third-order valence-electron chi connectivity index (χ3n) is 19.0. The molecule has 5 aliphatic rings. The number of benzene rings is 5. The van der Waals surface area contributed by atoms with E-state index < -0.39 is 0 Å². The van der Waals surface area contributed by atoms with Crippen LogP contribution < -0.4 is 26.4 Å². The van der Waals surface area contributed by atoms with Gasteiger partial charge in [0, 0.05) is 28.1 Å². The quantitative estimate of drug-likeness (QED) is 0.165. The highest BCUT2D eigenvalue weighted by Crippen LogP contribution is 2.56. The molecule has 3 aliphatic carbocycles. The van der Waals surface area contributed by atoms with Gasteiger partial charge >= 0.3 is 0 Å². The zero-order chi connectivity index (χ0) is 49.7. The van der Waals surface area contributed by atoms with Crippen molar-refractivity contribution < 1.29 is 4.42 Å². The number of hydrogen-bond donors (Lipinski definition) is 0. The molecule has 3 heterocycles. The average molecular weight is 917 g/mol. The van der Waals surface area contributed by atoms with Crippen LogP contribution in [0.4, 0.5) is 34.1 Å². The second-order valence-corrected chi connectivity index (χ2v) is 28.1. The van der Waals surface area contributed by atoms with Crippen LogP contribution in [0.25, 0.3) is 11.0 Å². The van der Waals surface area contributed by atoms with Gasteiger partial charge < -0.3 is 14.2 Å². The van der Waals surface area contributed by atoms with Crippen molar-refractivity contribution in [2.24, 2.45) is 0 Å². The van der Waals surface area contributed by atoms with Gasteiger partial charge in [-0.3, -0.25) is 0 Å². The minimum atomic E-state index is -0.104. The van der Waals surface area contributed by atoms with Gasteiger partial charge in [0.15, 0.2) is 0 Å². The summed E-state index contributed by atoms with van der Waals surface area (Å²) in [6.07, 6.45) is 7.04. The van der Waals surface area contributed by atoms with Gasteiger partial charge in [-0.1, -0.05) is 142 Å². The maximum atomic E-state index is 7.72. The van der Waals surface area contributed by atoms with Gasteiger partial charge in [0.1, 0.15) is 5.58 Å². The molecular weight excluding hydrogens is 836 g/mol. The summed E-state index contributed by atoms with van der Waals surface area (Å²) in [5.74, 6) is 0.310. The Morgan fingerprint density at radius 2 is 1.03 bits per heavy atom. The summed E-state index contributed by atoms with van der Waals surface area (Å²) in [6, 6.07) is 27.7. The van der Waals surface area contributed by atoms with Gasteiger partial charge in [0.25, 0.3) is 6.71 Å². The lowest BCUT2D eigenvalue weighted by atomic mass is 9.35. The highest BCUT2D eigenvalue weighted by atomic mass is 16.3. The van der Waals surface area contributed by atoms with E-state index in [0.29, 0.717) is 5.92 Å². The lowest BCUT2D eigenvalue weighted by Gasteiger charge is -2.48. The highest BCUT2D eigenvalue weighted by molar-refractivity contribution is 7.00. The fourth-order valence-corrected chi connectivity index (χ4v) is 14.2. The van der Waals surface area contributed by atoms with Crippen LogP contribution in [0.15, 0.2) is 71.1 Å². The van der Waals surface area contributed by atoms with E-state index in [-0.39, 0.29) is 44.6 Å². The van der Waals surface area contributed by atoms with Crippen molar-refractivity contribution in [1.82, 2.24) is 0 Å². The molecule has 3 nitrogen and oxygen atoms in total. The van der Waals surface area contributed by atoms with E-state index in [1.165, 1.54) is 133 Å². The summed E-state index contributed by atoms with van der Waals surface area (Å²) in [7, 11) is 0. The molecule has 5 aromatic carbocycles. The summed E-state index contributed by atoms with van der Waals surface area (Å²) in [5.41, 5.74) is 27.3. The van der Waals surface area contributed by atoms with E-state index in [0.717, 1.165) is 17.7 Å². The van der Waals surface area contributed by atoms with Gasteiger partial charge in [-0.25, -0.2) is 0 Å². The van der Waals surface area contributed by atoms with Crippen LogP contribution in [0.3, 0.4) is 0 Å². The minimum absolute atomic E-state index is 0.0327. The molecule has 0 unspecified atom stereocenters. The third-order valence-corrected chi connectivity index (χ3v) is 19.0. The van der Waals surface area contributed by atoms with E-state index in [1.54, 1.807) is 5.56 Å². The lowest BCUT2D eigenvalue weighted by molar-refractivity contribution is 0.330. The van der Waals surface area contributed by atoms with Crippen molar-refractivity contribution in [3.8, 4) is 0 Å². The zero-order valence-electron chi connectivity index (χ0n) is 46.1. The SMILES string of the molecule is Cc1cc2c(c(C)c1N1c3cc4c(cc3B3c5oc6cc7c(cc6c5N(c5ccc(C(C)(C)C)cc5)c5cc(C(C)C)cc1c53)C(C)(C)CCC7(C)C)C(C)(C)CCC4(C)C)C(C)(C)CCC2(C)C. The van der Waals surface area contributed by atoms with Crippen LogP contribution in [0, 0.1) is 13.8 Å². The van der Waals surface area contributed by atoms with Crippen LogP contribution in [-0.2, 0) is 37.9 Å². The van der Waals surface area contributed by atoms with Crippen LogP contribution in [-0.4, -0.2) is 6.71 Å². The molecule has 0 saturated heterocycles. The molecule has 0 saturated carbocycles. The molecule has 0 radical (unpaired) electrons. The van der Waals surface area contributed by atoms with Gasteiger partial charge in [-0.15, -0.1) is 0 Å². The minimum Gasteiger partial charge on any atom is -0.468 e. The van der Waals surface area contributed by atoms with Gasteiger partial charge in [-0.2, -0.15) is 0 Å². The Labute approximate surface area is 416 Å². The summed E-state index contributed by atoms with van der Waals surface area (Å²) in [5, 5.41) is 1.23. The lowest BCUT2D eigenvalue weighted by Crippen LogP contribution is -2.61. The standard InChI is InChI=1S/C65H81BN2O/c1-37(2)40-31-51-55-52(32-40)68(56-38(3)30-48-54(39(56)4)65(18,19)29-28-64(48,16)17)50-35-46-45(61(10,11)25-26-62(46,12)13)34-49(50)66(55)58-57(67(51)42-22-20-41(21-23-42)59(5,6)7)43-33-44-47(36-53(43)69-58)63(14,15)27-24-60(44,8)9/h20-23,30-37H,24-29H2,1-19H3. The fourth-order valence-electron chi connectivity index (χ4n) is 14.2. The molecule has 2 aliphatic heterocycles. The molecule has 0 bridgehead atoms. The van der Waals surface area contributed by atoms with Crippen LogP contribution in [0.1, 0.15) is 218 Å². The first-order valence-corrected chi connectivity index (χ1v) is 26.8. The second-order valence-electron chi connectivity index (χ2n) is 28.1. The number of aryl methyl sites for hydroxylation is 1. The van der Waals surface area contributed by atoms with Crippen molar-refractivity contribution in [2.75, 3.05) is 9.80 Å². The Hall–Kier alpha value is -4.70. The fraction of sp³-hybridized carbons (Fsp3) is 0.508. The summed E-state index contributed by atoms with van der Waals surface area (Å²) in [4.78, 5) is 5.41. The highest BCUT2D eigenvalue weighted by Gasteiger charge is 2.51. The van der Waals surface area contributed by atoms with Crippen molar-refractivity contribution in [2.45, 2.75) is 214 Å². The molecule has 0 atom stereocenters. The maximum Gasteiger partial charge on any atom is 0.297 e. The number of rotatable bonds is 3. The molecule has 1 aromatic heterocycles. The van der Waals surface area contributed by atoms with Crippen molar-refractivity contribution in [3.63, 3.8) is 0 Å². The molecule has 69 heavy (non-hydrogen) atoms. The summed E-state index contributed by atoms with van der Waals surface area (Å²) >= 11 is 0. The van der Waals surface area contributed by atoms with Crippen molar-refractivity contribution >= 4 is 68.4 Å². The molecule has 0 amide bonds. The molecule has 0 N–H and O–H groups in total. The second kappa shape index (κ2) is 14.5. The van der Waals surface area contributed by atoms with E-state index in [9.17, 15) is 0 Å². The Morgan fingerprint density at radius 1 is 0.536 bits per heavy atom. The first-order valence-electron chi connectivity index (χ1n) is 26.8. The predicted molar refractivity (Wildman–Crippen MR) is 298 cm³/mol. The molecule has 360 valence electrons. The largest absolute Gasteiger partial charge is 0.468 e. The van der Waals surface area contributed by atoms with Gasteiger partial charge in [0.2, 0.25) is 0 Å². The van der Waals surface area contributed by atoms with E-state index in [4.69, 9.17) is 4.42 Å². The normalized spacial score (nSPS) is 20.8. The maximum absolute atomic E-state index is 7.72. The first-order chi connectivity index (χ1) is 31.9. The number of furan rings is 1. The third kappa shape index (κ3) is 6.71. The zero-order valence-corrected chi connectivity index (χ0v) is 46.1. The van der Waals surface area contributed by atoms with Crippen molar-refractivity contribution in [1.29, 1.82) is 0 Å². The first kappa shape index (κ1) is 46.7. The molecule has 4 heteroatoms. The molecule has 0 spiro atoms. The summed E-state index contributed by atoms with van der Waals surface area (Å²) in [6.45, 7) is 46.2. The summed E-state index contributed by atoms with van der Waals surface area (Å²) < 4.78 is 7.72. The van der Waals surface area contributed by atoms with E-state index in [2.05, 4.69) is 208 Å². The van der Waals surface area contributed by atoms with E-state index in [1.807, 2.05) is 0 Å². The molecule has 6 aromatic rings. The Balaban J connectivity index is 1.31. The average Bonchev–Trinajstić information content (AvgIpc) is 3.63. The molecular formula is C65H81BN2O. The topological polar surface area (TPSA) is 19.6 Å². The predicted octanol–water partition coefficient (Wildman–Crippen LogP) is 16.6. The number of fused-ring (bicyclic) bond motifs is 9. The van der Waals surface area contributed by atoms with E-state index >= 15 is 0 Å². The smallest absolute Gasteiger partial charge is 0.297 e. The van der Waals surface area contributed by atoms with Gasteiger partial charge in [-0.05, 0) is 205 Å². The van der Waals surface area contributed by atoms with Gasteiger partial charge in [0.05, 0.1) is 17.0 Å².